The number of hydrogen-bond donors (Lipinski definition) is 1. The molecule has 1 aromatic rings. The Hall–Kier alpha value is -0.890. The highest BCUT2D eigenvalue weighted by Crippen LogP contribution is 2.38. The SMILES string of the molecule is Cc1cc(F)ccc1C1CCCCC1CNC(C)C. The Morgan fingerprint density at radius 1 is 1.26 bits per heavy atom. The molecule has 0 aliphatic heterocycles. The maximum absolute atomic E-state index is 13.3. The maximum Gasteiger partial charge on any atom is 0.123 e. The van der Waals surface area contributed by atoms with Gasteiger partial charge in [-0.05, 0) is 61.4 Å². The molecule has 19 heavy (non-hydrogen) atoms. The molecule has 1 nitrogen and oxygen atoms in total. The van der Waals surface area contributed by atoms with Crippen molar-refractivity contribution in [2.45, 2.75) is 58.4 Å². The molecule has 1 saturated carbocycles. The lowest BCUT2D eigenvalue weighted by molar-refractivity contribution is 0.288. The Morgan fingerprint density at radius 3 is 2.68 bits per heavy atom. The van der Waals surface area contributed by atoms with Crippen molar-refractivity contribution in [2.75, 3.05) is 6.54 Å². The van der Waals surface area contributed by atoms with Crippen LogP contribution in [0, 0.1) is 18.7 Å². The van der Waals surface area contributed by atoms with E-state index in [1.165, 1.54) is 31.2 Å². The zero-order chi connectivity index (χ0) is 13.8. The van der Waals surface area contributed by atoms with Crippen LogP contribution in [0.4, 0.5) is 4.39 Å². The molecule has 0 aromatic heterocycles. The predicted molar refractivity (Wildman–Crippen MR) is 79.0 cm³/mol. The number of hydrogen-bond acceptors (Lipinski definition) is 1. The van der Waals surface area contributed by atoms with Crippen molar-refractivity contribution in [2.24, 2.45) is 5.92 Å². The fraction of sp³-hybridized carbons (Fsp3) is 0.647. The van der Waals surface area contributed by atoms with Crippen LogP contribution in [0.5, 0.6) is 0 Å². The highest BCUT2D eigenvalue weighted by molar-refractivity contribution is 5.31. The summed E-state index contributed by atoms with van der Waals surface area (Å²) in [5, 5.41) is 3.57. The van der Waals surface area contributed by atoms with E-state index in [1.807, 2.05) is 13.0 Å². The monoisotopic (exact) mass is 263 g/mol. The Balaban J connectivity index is 2.14. The van der Waals surface area contributed by atoms with Crippen molar-refractivity contribution >= 4 is 0 Å². The first kappa shape index (κ1) is 14.5. The van der Waals surface area contributed by atoms with Gasteiger partial charge in [0.2, 0.25) is 0 Å². The first-order chi connectivity index (χ1) is 9.08. The summed E-state index contributed by atoms with van der Waals surface area (Å²) in [6.45, 7) is 7.51. The number of aryl methyl sites for hydroxylation is 1. The summed E-state index contributed by atoms with van der Waals surface area (Å²) in [6, 6.07) is 5.83. The molecule has 1 N–H and O–H groups in total. The summed E-state index contributed by atoms with van der Waals surface area (Å²) < 4.78 is 13.3. The van der Waals surface area contributed by atoms with E-state index >= 15 is 0 Å². The van der Waals surface area contributed by atoms with Gasteiger partial charge in [-0.2, -0.15) is 0 Å². The minimum Gasteiger partial charge on any atom is -0.314 e. The van der Waals surface area contributed by atoms with Crippen LogP contribution in [0.15, 0.2) is 18.2 Å². The molecule has 0 spiro atoms. The summed E-state index contributed by atoms with van der Waals surface area (Å²) in [4.78, 5) is 0. The summed E-state index contributed by atoms with van der Waals surface area (Å²) in [5.41, 5.74) is 2.47. The number of benzene rings is 1. The van der Waals surface area contributed by atoms with Gasteiger partial charge in [0.1, 0.15) is 5.82 Å². The van der Waals surface area contributed by atoms with E-state index in [4.69, 9.17) is 0 Å². The molecular formula is C17H26FN. The van der Waals surface area contributed by atoms with Crippen molar-refractivity contribution in [1.29, 1.82) is 0 Å². The van der Waals surface area contributed by atoms with Crippen LogP contribution in [0.25, 0.3) is 0 Å². The minimum atomic E-state index is -0.117. The maximum atomic E-state index is 13.3. The van der Waals surface area contributed by atoms with Crippen molar-refractivity contribution in [3.8, 4) is 0 Å². The van der Waals surface area contributed by atoms with Crippen molar-refractivity contribution in [1.82, 2.24) is 5.32 Å². The lowest BCUT2D eigenvalue weighted by Crippen LogP contribution is -2.33. The molecule has 2 unspecified atom stereocenters. The summed E-state index contributed by atoms with van der Waals surface area (Å²) in [5.74, 6) is 1.18. The third-order valence-electron chi connectivity index (χ3n) is 4.33. The van der Waals surface area contributed by atoms with E-state index in [1.54, 1.807) is 12.1 Å². The second-order valence-corrected chi connectivity index (χ2v) is 6.21. The van der Waals surface area contributed by atoms with Crippen LogP contribution >= 0.6 is 0 Å². The fourth-order valence-electron chi connectivity index (χ4n) is 3.30. The highest BCUT2D eigenvalue weighted by atomic mass is 19.1. The molecular weight excluding hydrogens is 237 g/mol. The van der Waals surface area contributed by atoms with Gasteiger partial charge < -0.3 is 5.32 Å². The molecule has 0 radical (unpaired) electrons. The van der Waals surface area contributed by atoms with Crippen LogP contribution in [0.1, 0.15) is 56.6 Å². The van der Waals surface area contributed by atoms with Gasteiger partial charge in [0.15, 0.2) is 0 Å². The van der Waals surface area contributed by atoms with Gasteiger partial charge in [0.05, 0.1) is 0 Å². The predicted octanol–water partition coefficient (Wildman–Crippen LogP) is 4.41. The average Bonchev–Trinajstić information content (AvgIpc) is 2.37. The topological polar surface area (TPSA) is 12.0 Å². The number of nitrogens with one attached hydrogen (secondary N) is 1. The molecule has 1 aromatic carbocycles. The third kappa shape index (κ3) is 3.79. The quantitative estimate of drug-likeness (QED) is 0.848. The van der Waals surface area contributed by atoms with Gasteiger partial charge in [-0.1, -0.05) is 32.8 Å². The summed E-state index contributed by atoms with van der Waals surface area (Å²) in [7, 11) is 0. The Labute approximate surface area is 116 Å². The van der Waals surface area contributed by atoms with Crippen LogP contribution in [0.2, 0.25) is 0 Å². The molecule has 1 fully saturated rings. The summed E-state index contributed by atoms with van der Waals surface area (Å²) >= 11 is 0. The van der Waals surface area contributed by atoms with E-state index in [0.717, 1.165) is 12.1 Å². The molecule has 106 valence electrons. The van der Waals surface area contributed by atoms with Crippen LogP contribution in [-0.4, -0.2) is 12.6 Å². The lowest BCUT2D eigenvalue weighted by Gasteiger charge is -2.33. The smallest absolute Gasteiger partial charge is 0.123 e. The normalized spacial score (nSPS) is 23.8. The average molecular weight is 263 g/mol. The van der Waals surface area contributed by atoms with E-state index in [-0.39, 0.29) is 5.82 Å². The van der Waals surface area contributed by atoms with Crippen molar-refractivity contribution in [3.63, 3.8) is 0 Å². The first-order valence-corrected chi connectivity index (χ1v) is 7.57. The van der Waals surface area contributed by atoms with Crippen molar-refractivity contribution < 1.29 is 4.39 Å². The van der Waals surface area contributed by atoms with Gasteiger partial charge in [0, 0.05) is 6.04 Å². The van der Waals surface area contributed by atoms with Crippen LogP contribution in [0.3, 0.4) is 0 Å². The van der Waals surface area contributed by atoms with E-state index in [2.05, 4.69) is 19.2 Å². The molecule has 1 aliphatic carbocycles. The Kier molecular flexibility index (Phi) is 4.98. The summed E-state index contributed by atoms with van der Waals surface area (Å²) in [6.07, 6.45) is 5.18. The van der Waals surface area contributed by atoms with Gasteiger partial charge in [-0.25, -0.2) is 4.39 Å². The standard InChI is InChI=1S/C17H26FN/c1-12(2)19-11-14-6-4-5-7-17(14)16-9-8-15(18)10-13(16)3/h8-10,12,14,17,19H,4-7,11H2,1-3H3. The molecule has 0 amide bonds. The van der Waals surface area contributed by atoms with Gasteiger partial charge in [-0.15, -0.1) is 0 Å². The van der Waals surface area contributed by atoms with E-state index in [0.29, 0.717) is 17.9 Å². The van der Waals surface area contributed by atoms with Gasteiger partial charge in [0.25, 0.3) is 0 Å². The number of rotatable bonds is 4. The molecule has 0 saturated heterocycles. The molecule has 0 heterocycles. The van der Waals surface area contributed by atoms with Gasteiger partial charge >= 0.3 is 0 Å². The van der Waals surface area contributed by atoms with Crippen LogP contribution in [-0.2, 0) is 0 Å². The Morgan fingerprint density at radius 2 is 2.00 bits per heavy atom. The second kappa shape index (κ2) is 6.51. The zero-order valence-corrected chi connectivity index (χ0v) is 12.4. The number of halogens is 1. The van der Waals surface area contributed by atoms with E-state index < -0.39 is 0 Å². The highest BCUT2D eigenvalue weighted by Gasteiger charge is 2.27. The molecule has 2 heteroatoms. The minimum absolute atomic E-state index is 0.117. The molecule has 2 atom stereocenters. The van der Waals surface area contributed by atoms with Gasteiger partial charge in [-0.3, -0.25) is 0 Å². The fourth-order valence-corrected chi connectivity index (χ4v) is 3.30. The first-order valence-electron chi connectivity index (χ1n) is 7.57. The largest absolute Gasteiger partial charge is 0.314 e. The molecule has 0 bridgehead atoms. The lowest BCUT2D eigenvalue weighted by atomic mass is 9.74. The second-order valence-electron chi connectivity index (χ2n) is 6.21. The zero-order valence-electron chi connectivity index (χ0n) is 12.4. The van der Waals surface area contributed by atoms with Crippen LogP contribution < -0.4 is 5.32 Å². The molecule has 2 rings (SSSR count). The molecule has 1 aliphatic rings. The Bertz CT molecular complexity index is 414. The third-order valence-corrected chi connectivity index (χ3v) is 4.33. The van der Waals surface area contributed by atoms with Crippen molar-refractivity contribution in [3.05, 3.63) is 35.1 Å². The van der Waals surface area contributed by atoms with E-state index in [9.17, 15) is 4.39 Å².